The first-order valence-electron chi connectivity index (χ1n) is 6.96. The van der Waals surface area contributed by atoms with Gasteiger partial charge in [0.25, 0.3) is 0 Å². The van der Waals surface area contributed by atoms with Crippen LogP contribution in [-0.4, -0.2) is 35.2 Å². The number of nitrogens with zero attached hydrogens (tertiary/aromatic N) is 2. The molecule has 1 aromatic rings. The molecule has 4 heteroatoms. The Balaban J connectivity index is 1.98. The molecule has 0 bridgehead atoms. The van der Waals surface area contributed by atoms with Gasteiger partial charge in [0.15, 0.2) is 0 Å². The smallest absolute Gasteiger partial charge is 0.249 e. The van der Waals surface area contributed by atoms with Crippen LogP contribution in [0, 0.1) is 0 Å². The van der Waals surface area contributed by atoms with E-state index in [-0.39, 0.29) is 17.2 Å². The zero-order valence-electron chi connectivity index (χ0n) is 11.3. The SMILES string of the molecule is CN1CN(c2ccc(O)cc2)C2(CCCCC2)C1=O. The van der Waals surface area contributed by atoms with Crippen LogP contribution in [0.4, 0.5) is 5.69 Å². The van der Waals surface area contributed by atoms with Gasteiger partial charge in [0.05, 0.1) is 6.67 Å². The number of benzene rings is 1. The van der Waals surface area contributed by atoms with Crippen molar-refractivity contribution in [3.8, 4) is 5.75 Å². The van der Waals surface area contributed by atoms with E-state index in [0.717, 1.165) is 31.4 Å². The Hall–Kier alpha value is -1.71. The maximum absolute atomic E-state index is 12.6. The standard InChI is InChI=1S/C15H20N2O2/c1-16-11-17(12-5-7-13(18)8-6-12)15(14(16)19)9-3-2-4-10-15/h5-8,18H,2-4,9-11H2,1H3. The summed E-state index contributed by atoms with van der Waals surface area (Å²) in [6.07, 6.45) is 5.35. The Kier molecular flexibility index (Phi) is 2.88. The van der Waals surface area contributed by atoms with Gasteiger partial charge in [-0.2, -0.15) is 0 Å². The Labute approximate surface area is 113 Å². The molecule has 4 nitrogen and oxygen atoms in total. The molecule has 0 atom stereocenters. The summed E-state index contributed by atoms with van der Waals surface area (Å²) in [5, 5.41) is 9.41. The van der Waals surface area contributed by atoms with Crippen LogP contribution in [0.2, 0.25) is 0 Å². The summed E-state index contributed by atoms with van der Waals surface area (Å²) in [7, 11) is 1.87. The van der Waals surface area contributed by atoms with Gasteiger partial charge in [-0.25, -0.2) is 0 Å². The number of anilines is 1. The van der Waals surface area contributed by atoms with E-state index in [4.69, 9.17) is 0 Å². The Morgan fingerprint density at radius 2 is 1.74 bits per heavy atom. The quantitative estimate of drug-likeness (QED) is 0.843. The van der Waals surface area contributed by atoms with Crippen LogP contribution in [0.25, 0.3) is 0 Å². The normalized spacial score (nSPS) is 22.3. The van der Waals surface area contributed by atoms with Gasteiger partial charge in [-0.05, 0) is 37.1 Å². The maximum Gasteiger partial charge on any atom is 0.249 e. The molecule has 102 valence electrons. The number of aromatic hydroxyl groups is 1. The van der Waals surface area contributed by atoms with Crippen LogP contribution >= 0.6 is 0 Å². The lowest BCUT2D eigenvalue weighted by atomic mass is 9.80. The Morgan fingerprint density at radius 3 is 2.37 bits per heavy atom. The third kappa shape index (κ3) is 1.86. The van der Waals surface area contributed by atoms with E-state index < -0.39 is 0 Å². The minimum atomic E-state index is -0.343. The predicted molar refractivity (Wildman–Crippen MR) is 74.0 cm³/mol. The van der Waals surface area contributed by atoms with Gasteiger partial charge in [-0.15, -0.1) is 0 Å². The summed E-state index contributed by atoms with van der Waals surface area (Å²) in [5.74, 6) is 0.514. The molecule has 0 unspecified atom stereocenters. The zero-order valence-corrected chi connectivity index (χ0v) is 11.3. The van der Waals surface area contributed by atoms with Gasteiger partial charge in [0, 0.05) is 12.7 Å². The summed E-state index contributed by atoms with van der Waals surface area (Å²) in [6, 6.07) is 7.18. The van der Waals surface area contributed by atoms with Crippen molar-refractivity contribution in [3.05, 3.63) is 24.3 Å². The number of hydrogen-bond acceptors (Lipinski definition) is 3. The molecule has 1 saturated carbocycles. The first-order chi connectivity index (χ1) is 9.13. The van der Waals surface area contributed by atoms with Gasteiger partial charge >= 0.3 is 0 Å². The van der Waals surface area contributed by atoms with Crippen LogP contribution in [-0.2, 0) is 4.79 Å². The van der Waals surface area contributed by atoms with Gasteiger partial charge in [-0.1, -0.05) is 19.3 Å². The molecule has 1 saturated heterocycles. The first kappa shape index (κ1) is 12.3. The van der Waals surface area contributed by atoms with Crippen LogP contribution in [0.15, 0.2) is 24.3 Å². The second-order valence-corrected chi connectivity index (χ2v) is 5.68. The second kappa shape index (κ2) is 4.44. The zero-order chi connectivity index (χ0) is 13.5. The highest BCUT2D eigenvalue weighted by atomic mass is 16.3. The van der Waals surface area contributed by atoms with E-state index in [2.05, 4.69) is 4.90 Å². The molecular formula is C15H20N2O2. The lowest BCUT2D eigenvalue weighted by Gasteiger charge is -2.39. The highest BCUT2D eigenvalue weighted by molar-refractivity contribution is 5.93. The van der Waals surface area contributed by atoms with E-state index in [1.54, 1.807) is 12.1 Å². The Bertz CT molecular complexity index is 477. The summed E-state index contributed by atoms with van der Waals surface area (Å²) >= 11 is 0. The van der Waals surface area contributed by atoms with E-state index in [9.17, 15) is 9.90 Å². The predicted octanol–water partition coefficient (Wildman–Crippen LogP) is 2.33. The van der Waals surface area contributed by atoms with Crippen molar-refractivity contribution in [1.29, 1.82) is 0 Å². The molecule has 2 aliphatic rings. The average Bonchev–Trinajstić information content (AvgIpc) is 2.66. The molecule has 1 spiro atoms. The van der Waals surface area contributed by atoms with E-state index in [0.29, 0.717) is 6.67 Å². The van der Waals surface area contributed by atoms with Crippen molar-refractivity contribution in [2.45, 2.75) is 37.6 Å². The van der Waals surface area contributed by atoms with Crippen molar-refractivity contribution in [3.63, 3.8) is 0 Å². The van der Waals surface area contributed by atoms with Crippen molar-refractivity contribution >= 4 is 11.6 Å². The number of carbonyl (C=O) groups excluding carboxylic acids is 1. The summed E-state index contributed by atoms with van der Waals surface area (Å²) < 4.78 is 0. The molecule has 1 aliphatic carbocycles. The molecule has 0 aromatic heterocycles. The molecule has 1 aliphatic heterocycles. The number of phenols is 1. The van der Waals surface area contributed by atoms with Crippen molar-refractivity contribution in [2.24, 2.45) is 0 Å². The maximum atomic E-state index is 12.6. The van der Waals surface area contributed by atoms with Crippen LogP contribution in [0.1, 0.15) is 32.1 Å². The summed E-state index contributed by atoms with van der Waals surface area (Å²) in [5.41, 5.74) is 0.682. The topological polar surface area (TPSA) is 43.8 Å². The highest BCUT2D eigenvalue weighted by Crippen LogP contribution is 2.41. The number of likely N-dealkylation sites (N-methyl/N-ethyl adjacent to an activating group) is 1. The molecule has 0 radical (unpaired) electrons. The highest BCUT2D eigenvalue weighted by Gasteiger charge is 2.51. The molecule has 1 amide bonds. The van der Waals surface area contributed by atoms with Crippen molar-refractivity contribution < 1.29 is 9.90 Å². The second-order valence-electron chi connectivity index (χ2n) is 5.68. The number of carbonyl (C=O) groups is 1. The lowest BCUT2D eigenvalue weighted by molar-refractivity contribution is -0.132. The van der Waals surface area contributed by atoms with Gasteiger partial charge in [0.1, 0.15) is 11.3 Å². The molecule has 1 heterocycles. The molecule has 19 heavy (non-hydrogen) atoms. The third-order valence-electron chi connectivity index (χ3n) is 4.46. The first-order valence-corrected chi connectivity index (χ1v) is 6.96. The minimum Gasteiger partial charge on any atom is -0.508 e. The number of amides is 1. The molecule has 2 fully saturated rings. The molecular weight excluding hydrogens is 240 g/mol. The van der Waals surface area contributed by atoms with E-state index in [1.807, 2.05) is 24.1 Å². The molecule has 1 aromatic carbocycles. The van der Waals surface area contributed by atoms with Gasteiger partial charge in [-0.3, -0.25) is 4.79 Å². The van der Waals surface area contributed by atoms with E-state index in [1.165, 1.54) is 6.42 Å². The van der Waals surface area contributed by atoms with Crippen molar-refractivity contribution in [2.75, 3.05) is 18.6 Å². The van der Waals surface area contributed by atoms with Gasteiger partial charge in [0.2, 0.25) is 5.91 Å². The number of rotatable bonds is 1. The molecule has 3 rings (SSSR count). The lowest BCUT2D eigenvalue weighted by Crippen LogP contribution is -2.50. The fourth-order valence-electron chi connectivity index (χ4n) is 3.46. The van der Waals surface area contributed by atoms with Crippen LogP contribution in [0.5, 0.6) is 5.75 Å². The van der Waals surface area contributed by atoms with E-state index >= 15 is 0 Å². The Morgan fingerprint density at radius 1 is 1.11 bits per heavy atom. The summed E-state index contributed by atoms with van der Waals surface area (Å²) in [6.45, 7) is 0.642. The fourth-order valence-corrected chi connectivity index (χ4v) is 3.46. The average molecular weight is 260 g/mol. The van der Waals surface area contributed by atoms with Crippen molar-refractivity contribution in [1.82, 2.24) is 4.90 Å². The summed E-state index contributed by atoms with van der Waals surface area (Å²) in [4.78, 5) is 16.6. The van der Waals surface area contributed by atoms with Gasteiger partial charge < -0.3 is 14.9 Å². The fraction of sp³-hybridized carbons (Fsp3) is 0.533. The monoisotopic (exact) mass is 260 g/mol. The minimum absolute atomic E-state index is 0.250. The van der Waals surface area contributed by atoms with Crippen LogP contribution < -0.4 is 4.90 Å². The number of phenolic OH excluding ortho intramolecular Hbond substituents is 1. The van der Waals surface area contributed by atoms with Crippen LogP contribution in [0.3, 0.4) is 0 Å². The largest absolute Gasteiger partial charge is 0.508 e. The number of hydrogen-bond donors (Lipinski definition) is 1. The molecule has 1 N–H and O–H groups in total. The third-order valence-corrected chi connectivity index (χ3v) is 4.46.